The highest BCUT2D eigenvalue weighted by Crippen LogP contribution is 2.48. The van der Waals surface area contributed by atoms with Crippen LogP contribution in [-0.2, 0) is 4.74 Å². The van der Waals surface area contributed by atoms with Crippen LogP contribution in [0.2, 0.25) is 0 Å². The zero-order valence-electron chi connectivity index (χ0n) is 9.57. The molecule has 2 rings (SSSR count). The summed E-state index contributed by atoms with van der Waals surface area (Å²) in [5.74, 6) is 1.11. The Morgan fingerprint density at radius 3 is 3.00 bits per heavy atom. The highest BCUT2D eigenvalue weighted by atomic mass is 16.5. The van der Waals surface area contributed by atoms with Gasteiger partial charge in [0, 0.05) is 26.5 Å². The second kappa shape index (κ2) is 4.65. The van der Waals surface area contributed by atoms with E-state index in [0.29, 0.717) is 17.2 Å². The fourth-order valence-electron chi connectivity index (χ4n) is 1.73. The first-order valence-corrected chi connectivity index (χ1v) is 5.55. The molecule has 0 amide bonds. The standard InChI is InChI=1S/C11H18N4O/c1-16-7-5-11(3-4-11)8-14-10-13-6-2-9(12)15-10/h2,6H,3-5,7-8H2,1H3,(H3,12,13,14,15). The van der Waals surface area contributed by atoms with Gasteiger partial charge in [-0.05, 0) is 30.7 Å². The van der Waals surface area contributed by atoms with Gasteiger partial charge in [0.05, 0.1) is 0 Å². The van der Waals surface area contributed by atoms with Crippen LogP contribution in [0.1, 0.15) is 19.3 Å². The van der Waals surface area contributed by atoms with Gasteiger partial charge in [-0.15, -0.1) is 0 Å². The van der Waals surface area contributed by atoms with Crippen molar-refractivity contribution in [3.63, 3.8) is 0 Å². The number of hydrogen-bond donors (Lipinski definition) is 2. The molecule has 0 saturated heterocycles. The molecule has 1 fully saturated rings. The number of nitrogens with one attached hydrogen (secondary N) is 1. The number of aromatic nitrogens is 2. The molecule has 16 heavy (non-hydrogen) atoms. The number of nitrogens with two attached hydrogens (primary N) is 1. The first kappa shape index (κ1) is 11.1. The molecule has 5 nitrogen and oxygen atoms in total. The third-order valence-corrected chi connectivity index (χ3v) is 3.09. The van der Waals surface area contributed by atoms with Crippen molar-refractivity contribution in [1.29, 1.82) is 0 Å². The van der Waals surface area contributed by atoms with E-state index in [9.17, 15) is 0 Å². The summed E-state index contributed by atoms with van der Waals surface area (Å²) in [6.07, 6.45) is 5.27. The van der Waals surface area contributed by atoms with Gasteiger partial charge in [-0.3, -0.25) is 0 Å². The zero-order chi connectivity index (χ0) is 11.4. The van der Waals surface area contributed by atoms with Gasteiger partial charge in [0.15, 0.2) is 0 Å². The summed E-state index contributed by atoms with van der Waals surface area (Å²) in [4.78, 5) is 8.23. The molecule has 1 aromatic rings. The van der Waals surface area contributed by atoms with Crippen LogP contribution < -0.4 is 11.1 Å². The largest absolute Gasteiger partial charge is 0.385 e. The second-order valence-corrected chi connectivity index (χ2v) is 4.40. The molecule has 1 saturated carbocycles. The molecule has 0 radical (unpaired) electrons. The number of anilines is 2. The number of ether oxygens (including phenoxy) is 1. The van der Waals surface area contributed by atoms with E-state index in [4.69, 9.17) is 10.5 Å². The number of hydrogen-bond acceptors (Lipinski definition) is 5. The lowest BCUT2D eigenvalue weighted by atomic mass is 10.0. The molecule has 1 aliphatic rings. The zero-order valence-corrected chi connectivity index (χ0v) is 9.57. The lowest BCUT2D eigenvalue weighted by Crippen LogP contribution is -2.18. The molecule has 0 bridgehead atoms. The lowest BCUT2D eigenvalue weighted by Gasteiger charge is -2.15. The van der Waals surface area contributed by atoms with Crippen molar-refractivity contribution in [3.8, 4) is 0 Å². The van der Waals surface area contributed by atoms with Gasteiger partial charge in [0.1, 0.15) is 5.82 Å². The molecule has 5 heteroatoms. The number of methoxy groups -OCH3 is 1. The maximum atomic E-state index is 5.58. The van der Waals surface area contributed by atoms with Crippen molar-refractivity contribution in [3.05, 3.63) is 12.3 Å². The molecule has 0 aliphatic heterocycles. The highest BCUT2D eigenvalue weighted by molar-refractivity contribution is 5.35. The third-order valence-electron chi connectivity index (χ3n) is 3.09. The minimum atomic E-state index is 0.393. The summed E-state index contributed by atoms with van der Waals surface area (Å²) >= 11 is 0. The predicted molar refractivity (Wildman–Crippen MR) is 63.1 cm³/mol. The fraction of sp³-hybridized carbons (Fsp3) is 0.636. The van der Waals surface area contributed by atoms with Gasteiger partial charge in [-0.1, -0.05) is 0 Å². The molecule has 0 atom stereocenters. The minimum Gasteiger partial charge on any atom is -0.385 e. The molecule has 88 valence electrons. The molecule has 1 aliphatic carbocycles. The maximum Gasteiger partial charge on any atom is 0.224 e. The van der Waals surface area contributed by atoms with Gasteiger partial charge in [-0.2, -0.15) is 4.98 Å². The Kier molecular flexibility index (Phi) is 3.24. The number of nitrogens with zero attached hydrogens (tertiary/aromatic N) is 2. The van der Waals surface area contributed by atoms with Gasteiger partial charge in [0.2, 0.25) is 5.95 Å². The first-order valence-electron chi connectivity index (χ1n) is 5.55. The topological polar surface area (TPSA) is 73.1 Å². The van der Waals surface area contributed by atoms with E-state index in [1.165, 1.54) is 12.8 Å². The summed E-state index contributed by atoms with van der Waals surface area (Å²) in [6.45, 7) is 1.72. The van der Waals surface area contributed by atoms with Crippen molar-refractivity contribution < 1.29 is 4.74 Å². The van der Waals surface area contributed by atoms with E-state index in [2.05, 4.69) is 15.3 Å². The third kappa shape index (κ3) is 2.82. The predicted octanol–water partition coefficient (Wildman–Crippen LogP) is 1.29. The number of nitrogen functional groups attached to an aromatic ring is 1. The van der Waals surface area contributed by atoms with Crippen LogP contribution in [0.4, 0.5) is 11.8 Å². The molecule has 1 heterocycles. The van der Waals surface area contributed by atoms with E-state index in [1.807, 2.05) is 0 Å². The monoisotopic (exact) mass is 222 g/mol. The Labute approximate surface area is 95.4 Å². The van der Waals surface area contributed by atoms with Gasteiger partial charge in [0.25, 0.3) is 0 Å². The Morgan fingerprint density at radius 2 is 2.38 bits per heavy atom. The van der Waals surface area contributed by atoms with Crippen LogP contribution >= 0.6 is 0 Å². The van der Waals surface area contributed by atoms with Crippen molar-refractivity contribution in [2.24, 2.45) is 5.41 Å². The fourth-order valence-corrected chi connectivity index (χ4v) is 1.73. The molecular formula is C11H18N4O. The van der Waals surface area contributed by atoms with E-state index >= 15 is 0 Å². The summed E-state index contributed by atoms with van der Waals surface area (Å²) in [5.41, 5.74) is 5.98. The van der Waals surface area contributed by atoms with Crippen LogP contribution in [-0.4, -0.2) is 30.2 Å². The highest BCUT2D eigenvalue weighted by Gasteiger charge is 2.41. The van der Waals surface area contributed by atoms with Gasteiger partial charge in [-0.25, -0.2) is 4.98 Å². The quantitative estimate of drug-likeness (QED) is 0.758. The Morgan fingerprint density at radius 1 is 1.56 bits per heavy atom. The summed E-state index contributed by atoms with van der Waals surface area (Å²) in [5, 5.41) is 3.24. The van der Waals surface area contributed by atoms with Crippen molar-refractivity contribution >= 4 is 11.8 Å². The normalized spacial score (nSPS) is 17.1. The maximum absolute atomic E-state index is 5.58. The lowest BCUT2D eigenvalue weighted by molar-refractivity contribution is 0.175. The molecule has 1 aromatic heterocycles. The molecular weight excluding hydrogens is 204 g/mol. The summed E-state index contributed by atoms with van der Waals surface area (Å²) in [7, 11) is 1.74. The van der Waals surface area contributed by atoms with E-state index < -0.39 is 0 Å². The van der Waals surface area contributed by atoms with E-state index in [0.717, 1.165) is 19.6 Å². The molecule has 0 unspecified atom stereocenters. The molecule has 3 N–H and O–H groups in total. The van der Waals surface area contributed by atoms with E-state index in [-0.39, 0.29) is 0 Å². The molecule has 0 aromatic carbocycles. The SMILES string of the molecule is COCCC1(CNc2nccc(N)n2)CC1. The first-order chi connectivity index (χ1) is 7.74. The van der Waals surface area contributed by atoms with Crippen LogP contribution in [0.5, 0.6) is 0 Å². The summed E-state index contributed by atoms with van der Waals surface area (Å²) in [6, 6.07) is 1.68. The van der Waals surface area contributed by atoms with Crippen LogP contribution in [0.15, 0.2) is 12.3 Å². The van der Waals surface area contributed by atoms with E-state index in [1.54, 1.807) is 19.4 Å². The average molecular weight is 222 g/mol. The number of rotatable bonds is 6. The average Bonchev–Trinajstić information content (AvgIpc) is 3.05. The van der Waals surface area contributed by atoms with Crippen molar-refractivity contribution in [2.75, 3.05) is 31.3 Å². The minimum absolute atomic E-state index is 0.393. The van der Waals surface area contributed by atoms with Crippen LogP contribution in [0, 0.1) is 5.41 Å². The smallest absolute Gasteiger partial charge is 0.224 e. The Balaban J connectivity index is 1.83. The van der Waals surface area contributed by atoms with Crippen molar-refractivity contribution in [1.82, 2.24) is 9.97 Å². The second-order valence-electron chi connectivity index (χ2n) is 4.40. The van der Waals surface area contributed by atoms with Crippen LogP contribution in [0.3, 0.4) is 0 Å². The Hall–Kier alpha value is -1.36. The Bertz CT molecular complexity index is 352. The molecule has 0 spiro atoms. The van der Waals surface area contributed by atoms with Crippen molar-refractivity contribution in [2.45, 2.75) is 19.3 Å². The van der Waals surface area contributed by atoms with Crippen LogP contribution in [0.25, 0.3) is 0 Å². The summed E-state index contributed by atoms with van der Waals surface area (Å²) < 4.78 is 5.11. The van der Waals surface area contributed by atoms with Gasteiger partial charge >= 0.3 is 0 Å². The van der Waals surface area contributed by atoms with Gasteiger partial charge < -0.3 is 15.8 Å².